The van der Waals surface area contributed by atoms with Crippen LogP contribution in [0.25, 0.3) is 27.8 Å². The molecule has 0 radical (unpaired) electrons. The summed E-state index contributed by atoms with van der Waals surface area (Å²) in [5.41, 5.74) is 4.71. The molecular formula is C14H13N3O. The van der Waals surface area contributed by atoms with Gasteiger partial charge in [-0.15, -0.1) is 0 Å². The predicted octanol–water partition coefficient (Wildman–Crippen LogP) is 3.56. The smallest absolute Gasteiger partial charge is 0.176 e. The number of nitrogens with one attached hydrogen (secondary N) is 1. The SMILES string of the molecule is C=C(C)c1ncc(-c2ccc(C)c3cnoc23)[nH]1. The van der Waals surface area contributed by atoms with Gasteiger partial charge in [0.2, 0.25) is 0 Å². The highest BCUT2D eigenvalue weighted by Crippen LogP contribution is 2.29. The monoisotopic (exact) mass is 239 g/mol. The van der Waals surface area contributed by atoms with E-state index in [1.807, 2.05) is 19.9 Å². The average Bonchev–Trinajstić information content (AvgIpc) is 2.98. The number of imidazole rings is 1. The van der Waals surface area contributed by atoms with Crippen LogP contribution in [-0.4, -0.2) is 15.1 Å². The molecule has 2 aromatic heterocycles. The van der Waals surface area contributed by atoms with Crippen molar-refractivity contribution >= 4 is 16.5 Å². The summed E-state index contributed by atoms with van der Waals surface area (Å²) in [6.07, 6.45) is 3.53. The Kier molecular flexibility index (Phi) is 2.30. The standard InChI is InChI=1S/C14H13N3O/c1-8(2)14-15-7-12(17-14)10-5-4-9(3)11-6-16-18-13(10)11/h4-7H,1H2,2-3H3,(H,15,17). The molecule has 3 rings (SSSR count). The van der Waals surface area contributed by atoms with Crippen LogP contribution < -0.4 is 0 Å². The largest absolute Gasteiger partial charge is 0.356 e. The first-order chi connectivity index (χ1) is 8.66. The first-order valence-electron chi connectivity index (χ1n) is 5.72. The van der Waals surface area contributed by atoms with Crippen LogP contribution in [0.2, 0.25) is 0 Å². The number of hydrogen-bond acceptors (Lipinski definition) is 3. The molecule has 3 aromatic rings. The van der Waals surface area contributed by atoms with Crippen LogP contribution in [-0.2, 0) is 0 Å². The van der Waals surface area contributed by atoms with E-state index in [1.54, 1.807) is 12.4 Å². The van der Waals surface area contributed by atoms with Crippen molar-refractivity contribution in [3.05, 3.63) is 42.5 Å². The maximum atomic E-state index is 5.33. The van der Waals surface area contributed by atoms with Gasteiger partial charge in [0.05, 0.1) is 18.1 Å². The minimum atomic E-state index is 0.784. The van der Waals surface area contributed by atoms with Gasteiger partial charge in [-0.2, -0.15) is 0 Å². The molecule has 4 heteroatoms. The van der Waals surface area contributed by atoms with Crippen LogP contribution in [0.3, 0.4) is 0 Å². The molecular weight excluding hydrogens is 226 g/mol. The van der Waals surface area contributed by atoms with Crippen molar-refractivity contribution in [3.63, 3.8) is 0 Å². The van der Waals surface area contributed by atoms with Crippen LogP contribution in [0.1, 0.15) is 18.3 Å². The van der Waals surface area contributed by atoms with E-state index in [4.69, 9.17) is 4.52 Å². The summed E-state index contributed by atoms with van der Waals surface area (Å²) in [5.74, 6) is 0.790. The zero-order chi connectivity index (χ0) is 12.7. The number of fused-ring (bicyclic) bond motifs is 1. The number of benzene rings is 1. The third-order valence-corrected chi connectivity index (χ3v) is 3.01. The second-order valence-electron chi connectivity index (χ2n) is 4.42. The topological polar surface area (TPSA) is 54.7 Å². The van der Waals surface area contributed by atoms with Gasteiger partial charge in [-0.3, -0.25) is 0 Å². The van der Waals surface area contributed by atoms with Crippen molar-refractivity contribution < 1.29 is 4.52 Å². The van der Waals surface area contributed by atoms with E-state index >= 15 is 0 Å². The van der Waals surface area contributed by atoms with Crippen LogP contribution >= 0.6 is 0 Å². The minimum absolute atomic E-state index is 0.784. The van der Waals surface area contributed by atoms with E-state index in [-0.39, 0.29) is 0 Å². The summed E-state index contributed by atoms with van der Waals surface area (Å²) in [4.78, 5) is 7.52. The molecule has 90 valence electrons. The van der Waals surface area contributed by atoms with Gasteiger partial charge in [0.15, 0.2) is 5.58 Å². The van der Waals surface area contributed by atoms with Crippen LogP contribution in [0.5, 0.6) is 0 Å². The van der Waals surface area contributed by atoms with E-state index in [2.05, 4.69) is 27.8 Å². The number of aromatic amines is 1. The third-order valence-electron chi connectivity index (χ3n) is 3.01. The second-order valence-corrected chi connectivity index (χ2v) is 4.42. The summed E-state index contributed by atoms with van der Waals surface area (Å²) < 4.78 is 5.33. The maximum absolute atomic E-state index is 5.33. The zero-order valence-corrected chi connectivity index (χ0v) is 10.3. The molecule has 2 heterocycles. The Morgan fingerprint density at radius 1 is 1.33 bits per heavy atom. The van der Waals surface area contributed by atoms with Gasteiger partial charge in [-0.1, -0.05) is 17.8 Å². The lowest BCUT2D eigenvalue weighted by Gasteiger charge is -2.00. The Morgan fingerprint density at radius 2 is 2.17 bits per heavy atom. The Balaban J connectivity index is 2.22. The van der Waals surface area contributed by atoms with Gasteiger partial charge in [-0.05, 0) is 31.1 Å². The molecule has 0 saturated heterocycles. The molecule has 0 spiro atoms. The van der Waals surface area contributed by atoms with Gasteiger partial charge in [0, 0.05) is 10.9 Å². The molecule has 1 aromatic carbocycles. The minimum Gasteiger partial charge on any atom is -0.356 e. The lowest BCUT2D eigenvalue weighted by Crippen LogP contribution is -1.83. The van der Waals surface area contributed by atoms with Crippen LogP contribution in [0, 0.1) is 6.92 Å². The quantitative estimate of drug-likeness (QED) is 0.743. The molecule has 0 atom stereocenters. The normalized spacial score (nSPS) is 11.0. The number of aryl methyl sites for hydroxylation is 1. The second kappa shape index (κ2) is 3.84. The van der Waals surface area contributed by atoms with Crippen molar-refractivity contribution in [1.29, 1.82) is 0 Å². The van der Waals surface area contributed by atoms with Crippen molar-refractivity contribution in [3.8, 4) is 11.3 Å². The number of hydrogen-bond donors (Lipinski definition) is 1. The van der Waals surface area contributed by atoms with Gasteiger partial charge in [-0.25, -0.2) is 4.98 Å². The van der Waals surface area contributed by atoms with Gasteiger partial charge < -0.3 is 9.51 Å². The van der Waals surface area contributed by atoms with E-state index in [9.17, 15) is 0 Å². The van der Waals surface area contributed by atoms with Crippen molar-refractivity contribution in [1.82, 2.24) is 15.1 Å². The Bertz CT molecular complexity index is 736. The number of allylic oxidation sites excluding steroid dienone is 1. The lowest BCUT2D eigenvalue weighted by atomic mass is 10.1. The number of rotatable bonds is 2. The first-order valence-corrected chi connectivity index (χ1v) is 5.72. The lowest BCUT2D eigenvalue weighted by molar-refractivity contribution is 0.457. The summed E-state index contributed by atoms with van der Waals surface area (Å²) in [6, 6.07) is 4.06. The number of aromatic nitrogens is 3. The highest BCUT2D eigenvalue weighted by Gasteiger charge is 2.12. The van der Waals surface area contributed by atoms with E-state index in [1.165, 1.54) is 0 Å². The first kappa shape index (κ1) is 10.8. The number of nitrogens with zero attached hydrogens (tertiary/aromatic N) is 2. The maximum Gasteiger partial charge on any atom is 0.176 e. The van der Waals surface area contributed by atoms with Crippen molar-refractivity contribution in [2.24, 2.45) is 0 Å². The molecule has 0 aliphatic carbocycles. The van der Waals surface area contributed by atoms with Crippen molar-refractivity contribution in [2.75, 3.05) is 0 Å². The summed E-state index contributed by atoms with van der Waals surface area (Å²) in [6.45, 7) is 7.83. The molecule has 0 aliphatic rings. The van der Waals surface area contributed by atoms with Crippen molar-refractivity contribution in [2.45, 2.75) is 13.8 Å². The third kappa shape index (κ3) is 1.54. The molecule has 0 bridgehead atoms. The van der Waals surface area contributed by atoms with Gasteiger partial charge >= 0.3 is 0 Å². The van der Waals surface area contributed by atoms with Gasteiger partial charge in [0.25, 0.3) is 0 Å². The molecule has 0 aliphatic heterocycles. The molecule has 1 N–H and O–H groups in total. The fourth-order valence-corrected chi connectivity index (χ4v) is 1.98. The highest BCUT2D eigenvalue weighted by molar-refractivity contribution is 5.92. The molecule has 18 heavy (non-hydrogen) atoms. The summed E-state index contributed by atoms with van der Waals surface area (Å²) >= 11 is 0. The Morgan fingerprint density at radius 3 is 2.89 bits per heavy atom. The molecule has 0 saturated carbocycles. The molecule has 0 fully saturated rings. The zero-order valence-electron chi connectivity index (χ0n) is 10.3. The fourth-order valence-electron chi connectivity index (χ4n) is 1.98. The summed E-state index contributed by atoms with van der Waals surface area (Å²) in [7, 11) is 0. The highest BCUT2D eigenvalue weighted by atomic mass is 16.5. The molecule has 0 amide bonds. The predicted molar refractivity (Wildman–Crippen MR) is 71.0 cm³/mol. The summed E-state index contributed by atoms with van der Waals surface area (Å²) in [5, 5.41) is 4.89. The average molecular weight is 239 g/mol. The fraction of sp³-hybridized carbons (Fsp3) is 0.143. The van der Waals surface area contributed by atoms with Gasteiger partial charge in [0.1, 0.15) is 5.82 Å². The Labute approximate surface area is 104 Å². The van der Waals surface area contributed by atoms with Crippen LogP contribution in [0.15, 0.2) is 35.6 Å². The van der Waals surface area contributed by atoms with E-state index < -0.39 is 0 Å². The van der Waals surface area contributed by atoms with Crippen LogP contribution in [0.4, 0.5) is 0 Å². The molecule has 0 unspecified atom stereocenters. The Hall–Kier alpha value is -2.36. The molecule has 4 nitrogen and oxygen atoms in total. The van der Waals surface area contributed by atoms with E-state index in [0.29, 0.717) is 0 Å². The van der Waals surface area contributed by atoms with E-state index in [0.717, 1.165) is 39.2 Å². The number of H-pyrrole nitrogens is 1.